The van der Waals surface area contributed by atoms with Gasteiger partial charge in [0.1, 0.15) is 12.4 Å². The molecule has 0 atom stereocenters. The molecule has 0 spiro atoms. The number of benzene rings is 3. The third kappa shape index (κ3) is 6.07. The summed E-state index contributed by atoms with van der Waals surface area (Å²) in [4.78, 5) is 26.9. The Morgan fingerprint density at radius 1 is 1.09 bits per heavy atom. The number of hydrogen-bond donors (Lipinski definition) is 0. The van der Waals surface area contributed by atoms with Crippen LogP contribution in [0.15, 0.2) is 70.0 Å². The van der Waals surface area contributed by atoms with Gasteiger partial charge in [-0.15, -0.1) is 0 Å². The molecule has 1 aliphatic heterocycles. The van der Waals surface area contributed by atoms with Gasteiger partial charge in [-0.3, -0.25) is 14.5 Å². The van der Waals surface area contributed by atoms with Crippen molar-refractivity contribution in [2.75, 3.05) is 6.61 Å². The lowest BCUT2D eigenvalue weighted by Gasteiger charge is -2.15. The first kappa shape index (κ1) is 25.3. The molecule has 35 heavy (non-hydrogen) atoms. The van der Waals surface area contributed by atoms with E-state index >= 15 is 0 Å². The molecule has 1 saturated heterocycles. The molecule has 1 heterocycles. The van der Waals surface area contributed by atoms with Crippen molar-refractivity contribution in [1.29, 1.82) is 0 Å². The predicted molar refractivity (Wildman–Crippen MR) is 139 cm³/mol. The molecule has 4 rings (SSSR count). The minimum absolute atomic E-state index is 0.0270. The zero-order valence-corrected chi connectivity index (χ0v) is 21.8. The number of hydrogen-bond acceptors (Lipinski definition) is 5. The van der Waals surface area contributed by atoms with Crippen molar-refractivity contribution >= 4 is 56.5 Å². The Labute approximate surface area is 220 Å². The SMILES string of the molecule is CCOc1cc(/C=C2\SC(=O)N(Cc3ccc(Br)cc3)C2=O)cc(Cl)c1OCc1ccccc1F. The standard InChI is InChI=1S/C26H20BrClFNO4S/c1-2-33-22-12-17(11-20(28)24(22)34-15-18-5-3-4-6-21(18)29)13-23-25(31)30(26(32)35-23)14-16-7-9-19(27)10-8-16/h3-13H,2,14-15H2,1H3/b23-13-. The average Bonchev–Trinajstić information content (AvgIpc) is 3.08. The highest BCUT2D eigenvalue weighted by atomic mass is 79.9. The van der Waals surface area contributed by atoms with E-state index in [1.54, 1.807) is 36.4 Å². The van der Waals surface area contributed by atoms with Crippen molar-refractivity contribution in [2.45, 2.75) is 20.1 Å². The summed E-state index contributed by atoms with van der Waals surface area (Å²) < 4.78 is 26.4. The van der Waals surface area contributed by atoms with Crippen LogP contribution in [0.25, 0.3) is 6.08 Å². The molecule has 1 fully saturated rings. The fraction of sp³-hybridized carbons (Fsp3) is 0.154. The number of nitrogens with zero attached hydrogens (tertiary/aromatic N) is 1. The smallest absolute Gasteiger partial charge is 0.293 e. The van der Waals surface area contributed by atoms with Gasteiger partial charge in [0.2, 0.25) is 0 Å². The zero-order valence-electron chi connectivity index (χ0n) is 18.6. The van der Waals surface area contributed by atoms with Gasteiger partial charge < -0.3 is 9.47 Å². The number of amides is 2. The third-order valence-electron chi connectivity index (χ3n) is 5.09. The minimum Gasteiger partial charge on any atom is -0.490 e. The second kappa shape index (κ2) is 11.3. The summed E-state index contributed by atoms with van der Waals surface area (Å²) >= 11 is 10.7. The summed E-state index contributed by atoms with van der Waals surface area (Å²) in [7, 11) is 0. The maximum atomic E-state index is 14.0. The quantitative estimate of drug-likeness (QED) is 0.261. The van der Waals surface area contributed by atoms with Crippen LogP contribution in [0, 0.1) is 5.82 Å². The lowest BCUT2D eigenvalue weighted by atomic mass is 10.1. The van der Waals surface area contributed by atoms with E-state index in [2.05, 4.69) is 15.9 Å². The van der Waals surface area contributed by atoms with E-state index in [0.717, 1.165) is 21.8 Å². The molecule has 0 bridgehead atoms. The molecule has 0 aliphatic carbocycles. The van der Waals surface area contributed by atoms with Crippen molar-refractivity contribution in [3.05, 3.63) is 97.6 Å². The number of imide groups is 1. The first-order valence-corrected chi connectivity index (χ1v) is 12.7. The highest BCUT2D eigenvalue weighted by Gasteiger charge is 2.35. The van der Waals surface area contributed by atoms with Gasteiger partial charge in [-0.05, 0) is 66.2 Å². The van der Waals surface area contributed by atoms with E-state index in [1.165, 1.54) is 11.0 Å². The number of ether oxygens (including phenoxy) is 2. The maximum absolute atomic E-state index is 14.0. The van der Waals surface area contributed by atoms with Crippen LogP contribution in [0.4, 0.5) is 9.18 Å². The van der Waals surface area contributed by atoms with Gasteiger partial charge in [-0.1, -0.05) is 57.9 Å². The molecule has 0 unspecified atom stereocenters. The van der Waals surface area contributed by atoms with E-state index in [4.69, 9.17) is 21.1 Å². The van der Waals surface area contributed by atoms with Crippen molar-refractivity contribution in [1.82, 2.24) is 4.90 Å². The predicted octanol–water partition coefficient (Wildman–Crippen LogP) is 7.46. The molecule has 0 aromatic heterocycles. The summed E-state index contributed by atoms with van der Waals surface area (Å²) in [6.45, 7) is 2.32. The largest absolute Gasteiger partial charge is 0.490 e. The van der Waals surface area contributed by atoms with Crippen LogP contribution < -0.4 is 9.47 Å². The van der Waals surface area contributed by atoms with Crippen LogP contribution in [-0.4, -0.2) is 22.7 Å². The number of thioether (sulfide) groups is 1. The van der Waals surface area contributed by atoms with Crippen LogP contribution in [0.5, 0.6) is 11.5 Å². The van der Waals surface area contributed by atoms with Crippen molar-refractivity contribution in [2.24, 2.45) is 0 Å². The Balaban J connectivity index is 1.55. The van der Waals surface area contributed by atoms with Crippen molar-refractivity contribution < 1.29 is 23.5 Å². The van der Waals surface area contributed by atoms with Crippen LogP contribution in [0.1, 0.15) is 23.6 Å². The summed E-state index contributed by atoms with van der Waals surface area (Å²) in [5.41, 5.74) is 1.80. The summed E-state index contributed by atoms with van der Waals surface area (Å²) in [5, 5.41) is -0.0993. The summed E-state index contributed by atoms with van der Waals surface area (Å²) in [6, 6.07) is 17.0. The maximum Gasteiger partial charge on any atom is 0.293 e. The van der Waals surface area contributed by atoms with Crippen LogP contribution >= 0.6 is 39.3 Å². The monoisotopic (exact) mass is 575 g/mol. The van der Waals surface area contributed by atoms with Crippen LogP contribution in [0.2, 0.25) is 5.02 Å². The van der Waals surface area contributed by atoms with Gasteiger partial charge in [0.15, 0.2) is 11.5 Å². The number of carbonyl (C=O) groups is 2. The molecule has 2 amide bonds. The first-order valence-electron chi connectivity index (χ1n) is 10.7. The lowest BCUT2D eigenvalue weighted by Crippen LogP contribution is -2.27. The normalized spacial score (nSPS) is 14.6. The molecule has 0 saturated carbocycles. The fourth-order valence-corrected chi connectivity index (χ4v) is 4.78. The van der Waals surface area contributed by atoms with Crippen molar-refractivity contribution in [3.8, 4) is 11.5 Å². The van der Waals surface area contributed by atoms with E-state index in [1.807, 2.05) is 31.2 Å². The molecule has 3 aromatic carbocycles. The molecule has 0 N–H and O–H groups in total. The Kier molecular flexibility index (Phi) is 8.15. The summed E-state index contributed by atoms with van der Waals surface area (Å²) in [6.07, 6.45) is 1.60. The second-order valence-corrected chi connectivity index (χ2v) is 9.85. The van der Waals surface area contributed by atoms with E-state index < -0.39 is 0 Å². The van der Waals surface area contributed by atoms with Gasteiger partial charge in [0.25, 0.3) is 11.1 Å². The minimum atomic E-state index is -0.378. The van der Waals surface area contributed by atoms with E-state index in [-0.39, 0.29) is 45.8 Å². The van der Waals surface area contributed by atoms with Crippen LogP contribution in [0.3, 0.4) is 0 Å². The molecular formula is C26H20BrClFNO4S. The van der Waals surface area contributed by atoms with Gasteiger partial charge in [-0.2, -0.15) is 0 Å². The second-order valence-electron chi connectivity index (χ2n) is 7.54. The van der Waals surface area contributed by atoms with Crippen molar-refractivity contribution in [3.63, 3.8) is 0 Å². The molecule has 5 nitrogen and oxygen atoms in total. The topological polar surface area (TPSA) is 55.8 Å². The average molecular weight is 577 g/mol. The number of halogens is 3. The number of rotatable bonds is 8. The lowest BCUT2D eigenvalue weighted by molar-refractivity contribution is -0.123. The Hall–Kier alpha value is -2.81. The molecule has 9 heteroatoms. The van der Waals surface area contributed by atoms with E-state index in [9.17, 15) is 14.0 Å². The van der Waals surface area contributed by atoms with Gasteiger partial charge in [0.05, 0.1) is 23.1 Å². The zero-order chi connectivity index (χ0) is 24.9. The van der Waals surface area contributed by atoms with Gasteiger partial charge in [-0.25, -0.2) is 4.39 Å². The third-order valence-corrected chi connectivity index (χ3v) is 6.80. The molecular weight excluding hydrogens is 557 g/mol. The van der Waals surface area contributed by atoms with Gasteiger partial charge in [0, 0.05) is 10.0 Å². The highest BCUT2D eigenvalue weighted by molar-refractivity contribution is 9.10. The highest BCUT2D eigenvalue weighted by Crippen LogP contribution is 2.40. The first-order chi connectivity index (χ1) is 16.9. The molecule has 180 valence electrons. The molecule has 0 radical (unpaired) electrons. The van der Waals surface area contributed by atoms with Crippen LogP contribution in [-0.2, 0) is 17.9 Å². The number of carbonyl (C=O) groups excluding carboxylic acids is 2. The van der Waals surface area contributed by atoms with Gasteiger partial charge >= 0.3 is 0 Å². The molecule has 3 aromatic rings. The molecule has 1 aliphatic rings. The fourth-order valence-electron chi connectivity index (χ4n) is 3.40. The Bertz CT molecular complexity index is 1300. The Morgan fingerprint density at radius 2 is 1.83 bits per heavy atom. The van der Waals surface area contributed by atoms with E-state index in [0.29, 0.717) is 23.5 Å². The Morgan fingerprint density at radius 3 is 2.54 bits per heavy atom. The summed E-state index contributed by atoms with van der Waals surface area (Å²) in [5.74, 6) is -0.122.